The Hall–Kier alpha value is -4.29. The molecule has 0 spiro atoms. The quantitative estimate of drug-likeness (QED) is 0.0444. The number of carbonyl (C=O) groups is 5. The van der Waals surface area contributed by atoms with E-state index in [0.717, 1.165) is 58.0 Å². The second kappa shape index (κ2) is 28.7. The van der Waals surface area contributed by atoms with Gasteiger partial charge in [-0.2, -0.15) is 39.5 Å². The van der Waals surface area contributed by atoms with Gasteiger partial charge in [-0.05, 0) is 52.1 Å². The average molecular weight is 744 g/mol. The van der Waals surface area contributed by atoms with E-state index in [4.69, 9.17) is 51.6 Å². The lowest BCUT2D eigenvalue weighted by atomic mass is 10.2. The molecule has 0 aliphatic heterocycles. The molecule has 0 unspecified atom stereocenters. The third kappa shape index (κ3) is 45.9. The lowest BCUT2D eigenvalue weighted by Crippen LogP contribution is -2.33. The number of guanidine groups is 1. The third-order valence-electron chi connectivity index (χ3n) is 4.59. The Kier molecular flexibility index (Phi) is 30.2. The molecular formula is C24H42F9N7O9. The zero-order valence-electron chi connectivity index (χ0n) is 26.1. The molecule has 290 valence electrons. The highest BCUT2D eigenvalue weighted by molar-refractivity contribution is 5.80. The third-order valence-corrected chi connectivity index (χ3v) is 4.59. The molecule has 16 nitrogen and oxygen atoms in total. The van der Waals surface area contributed by atoms with Crippen molar-refractivity contribution in [3.8, 4) is 0 Å². The van der Waals surface area contributed by atoms with E-state index in [2.05, 4.69) is 20.9 Å². The van der Waals surface area contributed by atoms with Crippen LogP contribution in [0.3, 0.4) is 0 Å². The van der Waals surface area contributed by atoms with Gasteiger partial charge in [-0.3, -0.25) is 9.79 Å². The summed E-state index contributed by atoms with van der Waals surface area (Å²) in [5.74, 6) is -8.46. The van der Waals surface area contributed by atoms with Gasteiger partial charge in [0, 0.05) is 25.7 Å². The fourth-order valence-electron chi connectivity index (χ4n) is 2.28. The van der Waals surface area contributed by atoms with Crippen LogP contribution in [0.15, 0.2) is 4.99 Å². The van der Waals surface area contributed by atoms with Crippen LogP contribution < -0.4 is 33.2 Å². The molecule has 0 aliphatic rings. The first-order valence-corrected chi connectivity index (χ1v) is 13.8. The SMILES string of the molecule is C[C@@H](N)CCNCCCCNC(=O)OCC(=O)NCCCCCCN=C(N)N.O=C(O)C(F)(F)F.O=C(O)C(F)(F)F.O=C(O)C(F)(F)F. The summed E-state index contributed by atoms with van der Waals surface area (Å²) in [7, 11) is 0. The molecule has 0 radical (unpaired) electrons. The summed E-state index contributed by atoms with van der Waals surface area (Å²) < 4.78 is 100. The molecule has 0 aromatic rings. The van der Waals surface area contributed by atoms with Crippen LogP contribution in [0.5, 0.6) is 0 Å². The summed E-state index contributed by atoms with van der Waals surface area (Å²) in [6.45, 7) is 5.21. The fourth-order valence-corrected chi connectivity index (χ4v) is 2.28. The molecule has 12 N–H and O–H groups in total. The molecule has 0 aromatic heterocycles. The van der Waals surface area contributed by atoms with Crippen LogP contribution in [-0.2, 0) is 23.9 Å². The number of hydrogen-bond donors (Lipinski definition) is 9. The number of carbonyl (C=O) groups excluding carboxylic acids is 2. The second-order valence-corrected chi connectivity index (χ2v) is 9.21. The highest BCUT2D eigenvalue weighted by Gasteiger charge is 2.39. The number of rotatable bonds is 17. The maximum atomic E-state index is 11.6. The number of unbranched alkanes of at least 4 members (excludes halogenated alkanes) is 4. The van der Waals surface area contributed by atoms with Gasteiger partial charge in [0.2, 0.25) is 0 Å². The molecule has 0 fully saturated rings. The van der Waals surface area contributed by atoms with Crippen LogP contribution >= 0.6 is 0 Å². The van der Waals surface area contributed by atoms with Gasteiger partial charge in [0.25, 0.3) is 5.91 Å². The molecule has 0 saturated heterocycles. The highest BCUT2D eigenvalue weighted by Crippen LogP contribution is 2.14. The summed E-state index contributed by atoms with van der Waals surface area (Å²) in [5, 5.41) is 30.0. The number of ether oxygens (including phenoxy) is 1. The first kappa shape index (κ1) is 51.5. The number of nitrogens with one attached hydrogen (secondary N) is 3. The predicted octanol–water partition coefficient (Wildman–Crippen LogP) is 1.67. The molecular weight excluding hydrogens is 701 g/mol. The molecule has 0 aromatic carbocycles. The molecule has 25 heteroatoms. The van der Waals surface area contributed by atoms with Crippen molar-refractivity contribution in [1.29, 1.82) is 0 Å². The number of hydrogen-bond acceptors (Lipinski definition) is 9. The van der Waals surface area contributed by atoms with E-state index in [9.17, 15) is 49.1 Å². The van der Waals surface area contributed by atoms with Crippen molar-refractivity contribution in [2.75, 3.05) is 39.3 Å². The van der Waals surface area contributed by atoms with E-state index in [1.807, 2.05) is 6.92 Å². The largest absolute Gasteiger partial charge is 0.490 e. The van der Waals surface area contributed by atoms with Crippen molar-refractivity contribution in [2.45, 2.75) is 76.4 Å². The minimum absolute atomic E-state index is 0.112. The average Bonchev–Trinajstić information content (AvgIpc) is 2.93. The number of nitrogens with zero attached hydrogens (tertiary/aromatic N) is 1. The number of alkyl carbamates (subject to hydrolysis) is 1. The molecule has 0 bridgehead atoms. The Morgan fingerprint density at radius 3 is 1.47 bits per heavy atom. The summed E-state index contributed by atoms with van der Waals surface area (Å²) in [5.41, 5.74) is 16.1. The number of amides is 2. The maximum absolute atomic E-state index is 11.6. The van der Waals surface area contributed by atoms with E-state index < -0.39 is 42.5 Å². The van der Waals surface area contributed by atoms with Gasteiger partial charge in [0.05, 0.1) is 0 Å². The summed E-state index contributed by atoms with van der Waals surface area (Å²) in [6.07, 6.45) is -9.34. The molecule has 0 rings (SSSR count). The number of carboxylic acids is 3. The first-order chi connectivity index (χ1) is 22.2. The summed E-state index contributed by atoms with van der Waals surface area (Å²) in [6, 6.07) is 0.211. The number of halogens is 9. The van der Waals surface area contributed by atoms with E-state index in [1.54, 1.807) is 0 Å². The van der Waals surface area contributed by atoms with Crippen molar-refractivity contribution in [2.24, 2.45) is 22.2 Å². The molecule has 49 heavy (non-hydrogen) atoms. The van der Waals surface area contributed by atoms with Gasteiger partial charge >= 0.3 is 42.5 Å². The number of aliphatic imine (C=N–C) groups is 1. The van der Waals surface area contributed by atoms with E-state index >= 15 is 0 Å². The summed E-state index contributed by atoms with van der Waals surface area (Å²) >= 11 is 0. The van der Waals surface area contributed by atoms with Crippen LogP contribution in [0.2, 0.25) is 0 Å². The van der Waals surface area contributed by atoms with E-state index in [-0.39, 0.29) is 24.5 Å². The second-order valence-electron chi connectivity index (χ2n) is 9.21. The number of alkyl halides is 9. The van der Waals surface area contributed by atoms with Crippen molar-refractivity contribution in [3.05, 3.63) is 0 Å². The smallest absolute Gasteiger partial charge is 0.475 e. The van der Waals surface area contributed by atoms with Crippen LogP contribution in [0.25, 0.3) is 0 Å². The van der Waals surface area contributed by atoms with Crippen LogP contribution in [-0.4, -0.2) is 115 Å². The Morgan fingerprint density at radius 2 is 1.06 bits per heavy atom. The minimum Gasteiger partial charge on any atom is -0.475 e. The summed E-state index contributed by atoms with van der Waals surface area (Å²) in [4.78, 5) is 53.7. The fraction of sp³-hybridized carbons (Fsp3) is 0.750. The number of aliphatic carboxylic acids is 3. The Morgan fingerprint density at radius 1 is 0.673 bits per heavy atom. The van der Waals surface area contributed by atoms with Crippen molar-refractivity contribution in [3.63, 3.8) is 0 Å². The van der Waals surface area contributed by atoms with Crippen molar-refractivity contribution < 1.29 is 83.5 Å². The lowest BCUT2D eigenvalue weighted by molar-refractivity contribution is -0.193. The van der Waals surface area contributed by atoms with Crippen molar-refractivity contribution in [1.82, 2.24) is 16.0 Å². The Bertz CT molecular complexity index is 920. The molecule has 0 aliphatic carbocycles. The van der Waals surface area contributed by atoms with Crippen LogP contribution in [0.4, 0.5) is 44.3 Å². The maximum Gasteiger partial charge on any atom is 0.490 e. The Labute approximate surface area is 274 Å². The van der Waals surface area contributed by atoms with Gasteiger partial charge in [-0.25, -0.2) is 19.2 Å². The van der Waals surface area contributed by atoms with Crippen LogP contribution in [0, 0.1) is 0 Å². The number of carboxylic acid groups (broad SMARTS) is 3. The monoisotopic (exact) mass is 743 g/mol. The lowest BCUT2D eigenvalue weighted by Gasteiger charge is -2.09. The highest BCUT2D eigenvalue weighted by atomic mass is 19.4. The van der Waals surface area contributed by atoms with Gasteiger partial charge in [0.1, 0.15) is 0 Å². The number of nitrogens with two attached hydrogens (primary N) is 3. The van der Waals surface area contributed by atoms with E-state index in [1.165, 1.54) is 0 Å². The standard InChI is InChI=1S/C18H39N7O3.3C2HF3O2/c1-15(19)8-13-22-9-6-7-12-25-18(27)28-14-16(26)23-10-4-2-3-5-11-24-17(20)21;3*3-2(4,5)1(6)7/h15,22H,2-14,19H2,1H3,(H,23,26)(H,25,27)(H4,20,21,24);3*(H,6,7)/t15-;;;/m1.../s1. The predicted molar refractivity (Wildman–Crippen MR) is 153 cm³/mol. The molecule has 2 amide bonds. The molecule has 0 heterocycles. The minimum atomic E-state index is -5.08. The normalized spacial score (nSPS) is 11.4. The topological polar surface area (TPSA) is 282 Å². The van der Waals surface area contributed by atoms with Gasteiger partial charge < -0.3 is 53.2 Å². The van der Waals surface area contributed by atoms with Gasteiger partial charge in [-0.15, -0.1) is 0 Å². The van der Waals surface area contributed by atoms with Gasteiger partial charge in [0.15, 0.2) is 12.6 Å². The van der Waals surface area contributed by atoms with Crippen LogP contribution in [0.1, 0.15) is 51.9 Å². The first-order valence-electron chi connectivity index (χ1n) is 13.8. The molecule has 0 saturated carbocycles. The zero-order valence-corrected chi connectivity index (χ0v) is 26.1. The van der Waals surface area contributed by atoms with E-state index in [0.29, 0.717) is 19.6 Å². The Balaban J connectivity index is -0.000000386. The van der Waals surface area contributed by atoms with Crippen molar-refractivity contribution >= 4 is 35.9 Å². The van der Waals surface area contributed by atoms with Gasteiger partial charge in [-0.1, -0.05) is 12.8 Å². The zero-order chi connectivity index (χ0) is 39.3. The molecule has 1 atom stereocenters.